The fourth-order valence-corrected chi connectivity index (χ4v) is 1.24. The van der Waals surface area contributed by atoms with Gasteiger partial charge in [-0.25, -0.2) is 5.43 Å². The summed E-state index contributed by atoms with van der Waals surface area (Å²) in [6.45, 7) is 6.10. The van der Waals surface area contributed by atoms with Crippen molar-refractivity contribution in [2.24, 2.45) is 0 Å². The van der Waals surface area contributed by atoms with Gasteiger partial charge >= 0.3 is 0 Å². The van der Waals surface area contributed by atoms with Gasteiger partial charge in [0.25, 0.3) is 0 Å². The third-order valence-electron chi connectivity index (χ3n) is 1.78. The Balaban J connectivity index is 0.000000336. The minimum atomic E-state index is 0.392. The SMILES string of the molecule is CC.CC1=CC2=CNNC2C=C1. The van der Waals surface area contributed by atoms with Crippen LogP contribution in [-0.2, 0) is 0 Å². The van der Waals surface area contributed by atoms with E-state index in [9.17, 15) is 0 Å². The number of allylic oxidation sites excluding steroid dienone is 2. The Labute approximate surface area is 74.0 Å². The second-order valence-electron chi connectivity index (χ2n) is 2.66. The molecule has 12 heavy (non-hydrogen) atoms. The van der Waals surface area contributed by atoms with Gasteiger partial charge in [-0.15, -0.1) is 0 Å². The first-order valence-electron chi connectivity index (χ1n) is 4.44. The predicted octanol–water partition coefficient (Wildman–Crippen LogP) is 1.89. The van der Waals surface area contributed by atoms with E-state index in [2.05, 4.69) is 36.0 Å². The topological polar surface area (TPSA) is 24.1 Å². The summed E-state index contributed by atoms with van der Waals surface area (Å²) in [5.41, 5.74) is 8.71. The van der Waals surface area contributed by atoms with Gasteiger partial charge in [0.05, 0.1) is 6.04 Å². The molecule has 0 spiro atoms. The van der Waals surface area contributed by atoms with Crippen LogP contribution in [0.3, 0.4) is 0 Å². The fourth-order valence-electron chi connectivity index (χ4n) is 1.24. The van der Waals surface area contributed by atoms with Gasteiger partial charge in [-0.3, -0.25) is 0 Å². The van der Waals surface area contributed by atoms with Crippen LogP contribution in [0.1, 0.15) is 20.8 Å². The van der Waals surface area contributed by atoms with Crippen molar-refractivity contribution in [2.75, 3.05) is 0 Å². The average molecular weight is 164 g/mol. The van der Waals surface area contributed by atoms with Crippen LogP contribution in [0.4, 0.5) is 0 Å². The zero-order chi connectivity index (χ0) is 8.97. The van der Waals surface area contributed by atoms with Gasteiger partial charge in [-0.05, 0) is 12.5 Å². The molecule has 2 nitrogen and oxygen atoms in total. The van der Waals surface area contributed by atoms with Crippen molar-refractivity contribution in [1.82, 2.24) is 10.9 Å². The third kappa shape index (κ3) is 1.77. The lowest BCUT2D eigenvalue weighted by Gasteiger charge is -2.11. The highest BCUT2D eigenvalue weighted by Crippen LogP contribution is 2.17. The summed E-state index contributed by atoms with van der Waals surface area (Å²) in [6.07, 6.45) is 8.46. The maximum absolute atomic E-state index is 3.11. The highest BCUT2D eigenvalue weighted by molar-refractivity contribution is 5.41. The molecule has 0 fully saturated rings. The molecule has 66 valence electrons. The van der Waals surface area contributed by atoms with E-state index in [0.29, 0.717) is 6.04 Å². The molecule has 2 rings (SSSR count). The van der Waals surface area contributed by atoms with Crippen molar-refractivity contribution < 1.29 is 0 Å². The van der Waals surface area contributed by atoms with Crippen molar-refractivity contribution in [3.63, 3.8) is 0 Å². The van der Waals surface area contributed by atoms with E-state index in [4.69, 9.17) is 0 Å². The molecule has 1 unspecified atom stereocenters. The van der Waals surface area contributed by atoms with E-state index in [1.54, 1.807) is 0 Å². The monoisotopic (exact) mass is 164 g/mol. The number of hydrazine groups is 1. The molecule has 1 aliphatic heterocycles. The van der Waals surface area contributed by atoms with Crippen molar-refractivity contribution >= 4 is 0 Å². The summed E-state index contributed by atoms with van der Waals surface area (Å²) in [5, 5.41) is 0. The summed E-state index contributed by atoms with van der Waals surface area (Å²) < 4.78 is 0. The van der Waals surface area contributed by atoms with Crippen LogP contribution in [0.2, 0.25) is 0 Å². The van der Waals surface area contributed by atoms with Gasteiger partial charge in [0, 0.05) is 6.20 Å². The first-order chi connectivity index (χ1) is 5.86. The average Bonchev–Trinajstić information content (AvgIpc) is 2.54. The molecule has 0 bridgehead atoms. The molecule has 2 aliphatic rings. The standard InChI is InChI=1S/C8H10N2.C2H6/c1-6-2-3-8-7(4-6)5-9-10-8;1-2/h2-5,8-10H,1H3;1-2H3. The lowest BCUT2D eigenvalue weighted by molar-refractivity contribution is 0.649. The lowest BCUT2D eigenvalue weighted by Crippen LogP contribution is -2.30. The van der Waals surface area contributed by atoms with Gasteiger partial charge in [-0.1, -0.05) is 37.6 Å². The van der Waals surface area contributed by atoms with Crippen LogP contribution in [0.15, 0.2) is 35.6 Å². The Morgan fingerprint density at radius 3 is 2.83 bits per heavy atom. The molecule has 2 heteroatoms. The molecule has 0 aromatic carbocycles. The number of hydrogen-bond acceptors (Lipinski definition) is 2. The van der Waals surface area contributed by atoms with Gasteiger partial charge in [-0.2, -0.15) is 0 Å². The molecule has 1 heterocycles. The zero-order valence-electron chi connectivity index (χ0n) is 7.89. The van der Waals surface area contributed by atoms with Crippen LogP contribution >= 0.6 is 0 Å². The summed E-state index contributed by atoms with van der Waals surface area (Å²) in [6, 6.07) is 0.392. The van der Waals surface area contributed by atoms with Gasteiger partial charge in [0.15, 0.2) is 0 Å². The zero-order valence-corrected chi connectivity index (χ0v) is 7.89. The molecular weight excluding hydrogens is 148 g/mol. The quantitative estimate of drug-likeness (QED) is 0.571. The molecule has 1 atom stereocenters. The van der Waals surface area contributed by atoms with E-state index < -0.39 is 0 Å². The van der Waals surface area contributed by atoms with Crippen LogP contribution < -0.4 is 10.9 Å². The van der Waals surface area contributed by atoms with Crippen molar-refractivity contribution in [3.8, 4) is 0 Å². The van der Waals surface area contributed by atoms with Crippen LogP contribution in [0, 0.1) is 0 Å². The second-order valence-corrected chi connectivity index (χ2v) is 2.66. The van der Waals surface area contributed by atoms with Crippen molar-refractivity contribution in [2.45, 2.75) is 26.8 Å². The summed E-state index contributed by atoms with van der Waals surface area (Å²) >= 11 is 0. The number of rotatable bonds is 0. The Hall–Kier alpha value is -1.02. The van der Waals surface area contributed by atoms with Gasteiger partial charge < -0.3 is 5.43 Å². The minimum Gasteiger partial charge on any atom is -0.328 e. The maximum atomic E-state index is 3.11. The number of fused-ring (bicyclic) bond motifs is 1. The van der Waals surface area contributed by atoms with Crippen LogP contribution in [0.25, 0.3) is 0 Å². The van der Waals surface area contributed by atoms with Crippen molar-refractivity contribution in [3.05, 3.63) is 35.6 Å². The summed E-state index contributed by atoms with van der Waals surface area (Å²) in [7, 11) is 0. The van der Waals surface area contributed by atoms with E-state index in [1.165, 1.54) is 11.1 Å². The smallest absolute Gasteiger partial charge is 0.0708 e. The highest BCUT2D eigenvalue weighted by Gasteiger charge is 2.15. The molecule has 0 aromatic heterocycles. The van der Waals surface area contributed by atoms with E-state index >= 15 is 0 Å². The Kier molecular flexibility index (Phi) is 3.11. The third-order valence-corrected chi connectivity index (χ3v) is 1.78. The van der Waals surface area contributed by atoms with E-state index in [1.807, 2.05) is 20.0 Å². The largest absolute Gasteiger partial charge is 0.328 e. The Morgan fingerprint density at radius 2 is 2.08 bits per heavy atom. The number of hydrogen-bond donors (Lipinski definition) is 2. The lowest BCUT2D eigenvalue weighted by atomic mass is 10.0. The highest BCUT2D eigenvalue weighted by atomic mass is 15.4. The van der Waals surface area contributed by atoms with Gasteiger partial charge in [0.2, 0.25) is 0 Å². The molecular formula is C10H16N2. The fraction of sp³-hybridized carbons (Fsp3) is 0.400. The minimum absolute atomic E-state index is 0.392. The van der Waals surface area contributed by atoms with Crippen molar-refractivity contribution in [1.29, 1.82) is 0 Å². The van der Waals surface area contributed by atoms with Crippen LogP contribution in [-0.4, -0.2) is 6.04 Å². The molecule has 2 N–H and O–H groups in total. The van der Waals surface area contributed by atoms with E-state index in [0.717, 1.165) is 0 Å². The van der Waals surface area contributed by atoms with E-state index in [-0.39, 0.29) is 0 Å². The first-order valence-corrected chi connectivity index (χ1v) is 4.44. The Bertz CT molecular complexity index is 236. The molecule has 1 aliphatic carbocycles. The normalized spacial score (nSPS) is 24.4. The van der Waals surface area contributed by atoms with Gasteiger partial charge in [0.1, 0.15) is 0 Å². The second kappa shape index (κ2) is 4.12. The molecule has 0 saturated carbocycles. The summed E-state index contributed by atoms with van der Waals surface area (Å²) in [5.74, 6) is 0. The summed E-state index contributed by atoms with van der Waals surface area (Å²) in [4.78, 5) is 0. The Morgan fingerprint density at radius 1 is 1.33 bits per heavy atom. The maximum Gasteiger partial charge on any atom is 0.0708 e. The number of nitrogens with one attached hydrogen (secondary N) is 2. The molecule has 0 saturated heterocycles. The molecule has 0 amide bonds. The predicted molar refractivity (Wildman–Crippen MR) is 52.4 cm³/mol. The first kappa shape index (κ1) is 9.07. The molecule has 0 aromatic rings. The van der Waals surface area contributed by atoms with Crippen LogP contribution in [0.5, 0.6) is 0 Å². The molecule has 0 radical (unpaired) electrons.